The summed E-state index contributed by atoms with van der Waals surface area (Å²) in [5.41, 5.74) is 0.444. The number of nitrogens with zero attached hydrogens (tertiary/aromatic N) is 3. The standard InChI is InChI=1S/C34H43ClN4O6/c1-32(2)27(25-7-4-3-5-8-25)9-6-14-34(32,31-37-30(45-38-31)19-39-15-12-26(43)13-16-39)23-44-29-11-10-24(17-28(29)35)18-36-33(20-40,21-41)22-42/h3-11,14,17,26,36,40-43H,12-13,15-16,18-23H2,1-2H3. The molecule has 2 heterocycles. The number of benzene rings is 2. The Morgan fingerprint density at radius 2 is 1.78 bits per heavy atom. The summed E-state index contributed by atoms with van der Waals surface area (Å²) >= 11 is 6.71. The molecule has 10 nitrogen and oxygen atoms in total. The van der Waals surface area contributed by atoms with E-state index >= 15 is 0 Å². The van der Waals surface area contributed by atoms with Crippen LogP contribution in [0.1, 0.15) is 49.5 Å². The molecule has 0 bridgehead atoms. The van der Waals surface area contributed by atoms with E-state index < -0.39 is 36.2 Å². The van der Waals surface area contributed by atoms with Crippen molar-refractivity contribution in [1.29, 1.82) is 0 Å². The summed E-state index contributed by atoms with van der Waals surface area (Å²) in [5.74, 6) is 1.51. The fourth-order valence-corrected chi connectivity index (χ4v) is 6.28. The van der Waals surface area contributed by atoms with Crippen molar-refractivity contribution in [2.75, 3.05) is 39.5 Å². The number of piperidine rings is 1. The van der Waals surface area contributed by atoms with E-state index in [-0.39, 0.29) is 19.3 Å². The van der Waals surface area contributed by atoms with Gasteiger partial charge >= 0.3 is 0 Å². The molecule has 1 unspecified atom stereocenters. The fraction of sp³-hybridized carbons (Fsp3) is 0.471. The lowest BCUT2D eigenvalue weighted by molar-refractivity contribution is 0.0414. The van der Waals surface area contributed by atoms with E-state index in [0.717, 1.165) is 42.6 Å². The van der Waals surface area contributed by atoms with Gasteiger partial charge in [0.1, 0.15) is 12.4 Å². The van der Waals surface area contributed by atoms with Crippen LogP contribution in [0, 0.1) is 5.41 Å². The Kier molecular flexibility index (Phi) is 10.4. The summed E-state index contributed by atoms with van der Waals surface area (Å²) in [7, 11) is 0. The van der Waals surface area contributed by atoms with E-state index in [1.807, 2.05) is 30.3 Å². The van der Waals surface area contributed by atoms with Crippen molar-refractivity contribution in [3.05, 3.63) is 94.6 Å². The van der Waals surface area contributed by atoms with Gasteiger partial charge in [0.25, 0.3) is 0 Å². The van der Waals surface area contributed by atoms with Gasteiger partial charge in [0.2, 0.25) is 5.89 Å². The van der Waals surface area contributed by atoms with Crippen molar-refractivity contribution in [1.82, 2.24) is 20.4 Å². The van der Waals surface area contributed by atoms with Crippen molar-refractivity contribution < 1.29 is 29.7 Å². The number of aliphatic hydroxyl groups is 4. The highest BCUT2D eigenvalue weighted by molar-refractivity contribution is 6.32. The van der Waals surface area contributed by atoms with Crippen LogP contribution in [0.25, 0.3) is 5.57 Å². The predicted octanol–water partition coefficient (Wildman–Crippen LogP) is 3.48. The molecule has 0 spiro atoms. The largest absolute Gasteiger partial charge is 0.491 e. The summed E-state index contributed by atoms with van der Waals surface area (Å²) in [5, 5.41) is 46.7. The summed E-state index contributed by atoms with van der Waals surface area (Å²) in [6, 6.07) is 15.6. The average molecular weight is 639 g/mol. The first-order chi connectivity index (χ1) is 21.6. The lowest BCUT2D eigenvalue weighted by Gasteiger charge is -2.46. The smallest absolute Gasteiger partial charge is 0.240 e. The maximum absolute atomic E-state index is 9.91. The highest BCUT2D eigenvalue weighted by Crippen LogP contribution is 2.53. The van der Waals surface area contributed by atoms with E-state index in [0.29, 0.717) is 29.0 Å². The normalized spacial score (nSPS) is 20.7. The molecule has 3 aromatic rings. The molecule has 11 heteroatoms. The van der Waals surface area contributed by atoms with Gasteiger partial charge in [-0.2, -0.15) is 4.98 Å². The Labute approximate surface area is 269 Å². The third-order valence-electron chi connectivity index (χ3n) is 9.33. The Balaban J connectivity index is 1.41. The molecule has 0 amide bonds. The minimum absolute atomic E-state index is 0.176. The number of aromatic nitrogens is 2. The number of aliphatic hydroxyl groups excluding tert-OH is 4. The van der Waals surface area contributed by atoms with Crippen molar-refractivity contribution in [2.24, 2.45) is 5.41 Å². The van der Waals surface area contributed by atoms with Crippen LogP contribution in [0.2, 0.25) is 5.02 Å². The van der Waals surface area contributed by atoms with Gasteiger partial charge in [-0.1, -0.05) is 85.2 Å². The lowest BCUT2D eigenvalue weighted by Crippen LogP contribution is -2.54. The lowest BCUT2D eigenvalue weighted by atomic mass is 9.58. The maximum atomic E-state index is 9.91. The van der Waals surface area contributed by atoms with Crippen LogP contribution in [0.15, 0.2) is 71.3 Å². The Hall–Kier alpha value is -3.09. The van der Waals surface area contributed by atoms with E-state index in [1.54, 1.807) is 12.1 Å². The molecule has 0 saturated carbocycles. The van der Waals surface area contributed by atoms with Gasteiger partial charge in [-0.3, -0.25) is 4.90 Å². The van der Waals surface area contributed by atoms with Crippen LogP contribution in [0.4, 0.5) is 0 Å². The number of halogens is 1. The molecular formula is C34H43ClN4O6. The van der Waals surface area contributed by atoms with Gasteiger partial charge in [0, 0.05) is 25.0 Å². The van der Waals surface area contributed by atoms with Crippen molar-refractivity contribution in [2.45, 2.75) is 56.8 Å². The summed E-state index contributed by atoms with van der Waals surface area (Å²) in [6.07, 6.45) is 7.40. The van der Waals surface area contributed by atoms with Gasteiger partial charge in [-0.25, -0.2) is 0 Å². The molecule has 1 atom stereocenters. The van der Waals surface area contributed by atoms with Gasteiger partial charge in [-0.05, 0) is 41.7 Å². The fourth-order valence-electron chi connectivity index (χ4n) is 6.03. The Bertz CT molecular complexity index is 1470. The molecule has 1 saturated heterocycles. The molecule has 5 N–H and O–H groups in total. The molecule has 2 aromatic carbocycles. The molecule has 1 fully saturated rings. The third kappa shape index (κ3) is 7.02. The first-order valence-electron chi connectivity index (χ1n) is 15.3. The van der Waals surface area contributed by atoms with Crippen LogP contribution in [0.5, 0.6) is 5.75 Å². The van der Waals surface area contributed by atoms with Gasteiger partial charge in [-0.15, -0.1) is 0 Å². The Morgan fingerprint density at radius 3 is 2.44 bits per heavy atom. The van der Waals surface area contributed by atoms with Crippen molar-refractivity contribution in [3.8, 4) is 5.75 Å². The number of ether oxygens (including phenoxy) is 1. The summed E-state index contributed by atoms with van der Waals surface area (Å²) in [4.78, 5) is 7.13. The zero-order valence-electron chi connectivity index (χ0n) is 25.8. The molecular weight excluding hydrogens is 596 g/mol. The minimum atomic E-state index is -1.20. The summed E-state index contributed by atoms with van der Waals surface area (Å²) < 4.78 is 12.3. The topological polar surface area (TPSA) is 144 Å². The quantitative estimate of drug-likeness (QED) is 0.189. The van der Waals surface area contributed by atoms with Gasteiger partial charge in [0.05, 0.1) is 48.4 Å². The number of hydrogen-bond donors (Lipinski definition) is 5. The molecule has 1 aromatic heterocycles. The molecule has 1 aliphatic carbocycles. The van der Waals surface area contributed by atoms with E-state index in [4.69, 9.17) is 25.8 Å². The monoisotopic (exact) mass is 638 g/mol. The van der Waals surface area contributed by atoms with E-state index in [2.05, 4.69) is 53.5 Å². The van der Waals surface area contributed by atoms with Gasteiger partial charge in [0.15, 0.2) is 5.82 Å². The number of allylic oxidation sites excluding steroid dienone is 3. The zero-order valence-corrected chi connectivity index (χ0v) is 26.6. The number of hydrogen-bond acceptors (Lipinski definition) is 10. The third-order valence-corrected chi connectivity index (χ3v) is 9.62. The number of nitrogens with one attached hydrogen (secondary N) is 1. The first-order valence-corrected chi connectivity index (χ1v) is 15.7. The zero-order chi connectivity index (χ0) is 32.1. The minimum Gasteiger partial charge on any atom is -0.491 e. The Morgan fingerprint density at radius 1 is 1.07 bits per heavy atom. The highest BCUT2D eigenvalue weighted by Gasteiger charge is 2.52. The second kappa shape index (κ2) is 14.1. The molecule has 2 aliphatic rings. The van der Waals surface area contributed by atoms with E-state index in [1.165, 1.54) is 0 Å². The summed E-state index contributed by atoms with van der Waals surface area (Å²) in [6.45, 7) is 5.56. The van der Waals surface area contributed by atoms with Gasteiger partial charge < -0.3 is 35.0 Å². The second-order valence-corrected chi connectivity index (χ2v) is 13.0. The average Bonchev–Trinajstić information content (AvgIpc) is 3.52. The maximum Gasteiger partial charge on any atom is 0.240 e. The van der Waals surface area contributed by atoms with Crippen LogP contribution in [-0.2, 0) is 18.5 Å². The van der Waals surface area contributed by atoms with Crippen LogP contribution >= 0.6 is 11.6 Å². The van der Waals surface area contributed by atoms with E-state index in [9.17, 15) is 20.4 Å². The van der Waals surface area contributed by atoms with Crippen molar-refractivity contribution >= 4 is 17.2 Å². The molecule has 242 valence electrons. The number of likely N-dealkylation sites (tertiary alicyclic amines) is 1. The van der Waals surface area contributed by atoms with Crippen molar-refractivity contribution in [3.63, 3.8) is 0 Å². The van der Waals surface area contributed by atoms with Crippen LogP contribution in [-0.4, -0.2) is 86.6 Å². The van der Waals surface area contributed by atoms with Crippen LogP contribution < -0.4 is 10.1 Å². The van der Waals surface area contributed by atoms with Crippen LogP contribution in [0.3, 0.4) is 0 Å². The predicted molar refractivity (Wildman–Crippen MR) is 172 cm³/mol. The second-order valence-electron chi connectivity index (χ2n) is 12.6. The molecule has 1 aliphatic heterocycles. The number of rotatable bonds is 13. The molecule has 5 rings (SSSR count). The molecule has 45 heavy (non-hydrogen) atoms. The molecule has 0 radical (unpaired) electrons. The first kappa shape index (κ1) is 33.3. The highest BCUT2D eigenvalue weighted by atomic mass is 35.5. The SMILES string of the molecule is CC1(C)C(c2ccccc2)=CC=CC1(COc1ccc(CNC(CO)(CO)CO)cc1Cl)c1noc(CN2CCC(O)CC2)n1.